The Labute approximate surface area is 75.8 Å². The van der Waals surface area contributed by atoms with E-state index < -0.39 is 0 Å². The van der Waals surface area contributed by atoms with Gasteiger partial charge in [-0.05, 0) is 37.0 Å². The minimum Gasteiger partial charge on any atom is -0.198 e. The molecular formula is C11H19N. The quantitative estimate of drug-likeness (QED) is 0.585. The highest BCUT2D eigenvalue weighted by Gasteiger charge is 2.28. The van der Waals surface area contributed by atoms with Crippen molar-refractivity contribution in [1.82, 2.24) is 0 Å². The molecule has 0 aliphatic heterocycles. The molecule has 1 fully saturated rings. The molecule has 0 spiro atoms. The molecule has 0 aromatic carbocycles. The maximum absolute atomic E-state index is 8.91. The molecule has 1 aliphatic rings. The van der Waals surface area contributed by atoms with Gasteiger partial charge in [-0.2, -0.15) is 5.26 Å². The summed E-state index contributed by atoms with van der Waals surface area (Å²) in [6.45, 7) is 6.76. The summed E-state index contributed by atoms with van der Waals surface area (Å²) in [6.07, 6.45) is 3.72. The van der Waals surface area contributed by atoms with E-state index in [4.69, 9.17) is 5.26 Å². The van der Waals surface area contributed by atoms with Crippen molar-refractivity contribution in [2.75, 3.05) is 0 Å². The lowest BCUT2D eigenvalue weighted by atomic mass is 9.72. The van der Waals surface area contributed by atoms with Crippen LogP contribution >= 0.6 is 0 Å². The summed E-state index contributed by atoms with van der Waals surface area (Å²) < 4.78 is 0. The lowest BCUT2D eigenvalue weighted by molar-refractivity contribution is 0.193. The first-order valence-corrected chi connectivity index (χ1v) is 5.04. The van der Waals surface area contributed by atoms with E-state index in [1.54, 1.807) is 0 Å². The minimum atomic E-state index is 0.325. The van der Waals surface area contributed by atoms with Crippen molar-refractivity contribution in [1.29, 1.82) is 5.26 Å². The van der Waals surface area contributed by atoms with Gasteiger partial charge in [0.05, 0.1) is 6.07 Å². The summed E-state index contributed by atoms with van der Waals surface area (Å²) in [4.78, 5) is 0. The third-order valence-corrected chi connectivity index (χ3v) is 3.35. The first kappa shape index (κ1) is 9.58. The van der Waals surface area contributed by atoms with Gasteiger partial charge < -0.3 is 0 Å². The Kier molecular flexibility index (Phi) is 3.14. The average Bonchev–Trinajstić information content (AvgIpc) is 2.05. The molecule has 68 valence electrons. The fraction of sp³-hybridized carbons (Fsp3) is 0.909. The zero-order valence-electron chi connectivity index (χ0n) is 8.38. The van der Waals surface area contributed by atoms with Crippen LogP contribution in [0.25, 0.3) is 0 Å². The van der Waals surface area contributed by atoms with Crippen LogP contribution in [0.1, 0.15) is 40.0 Å². The molecule has 0 aromatic rings. The third kappa shape index (κ3) is 2.00. The third-order valence-electron chi connectivity index (χ3n) is 3.35. The molecular weight excluding hydrogens is 146 g/mol. The van der Waals surface area contributed by atoms with Gasteiger partial charge >= 0.3 is 0 Å². The molecule has 0 amide bonds. The molecule has 3 unspecified atom stereocenters. The monoisotopic (exact) mass is 165 g/mol. The topological polar surface area (TPSA) is 23.8 Å². The van der Waals surface area contributed by atoms with Crippen LogP contribution in [0.5, 0.6) is 0 Å². The first-order chi connectivity index (χ1) is 5.65. The Morgan fingerprint density at radius 2 is 2.00 bits per heavy atom. The highest BCUT2D eigenvalue weighted by Crippen LogP contribution is 2.36. The van der Waals surface area contributed by atoms with Gasteiger partial charge in [0, 0.05) is 5.92 Å². The summed E-state index contributed by atoms with van der Waals surface area (Å²) in [5.41, 5.74) is 0. The second-order valence-corrected chi connectivity index (χ2v) is 4.53. The van der Waals surface area contributed by atoms with E-state index in [1.807, 2.05) is 0 Å². The summed E-state index contributed by atoms with van der Waals surface area (Å²) in [5, 5.41) is 8.91. The fourth-order valence-electron chi connectivity index (χ4n) is 2.14. The van der Waals surface area contributed by atoms with Gasteiger partial charge in [-0.3, -0.25) is 0 Å². The molecule has 0 heterocycles. The van der Waals surface area contributed by atoms with Crippen molar-refractivity contribution in [2.45, 2.75) is 40.0 Å². The summed E-state index contributed by atoms with van der Waals surface area (Å²) in [7, 11) is 0. The molecule has 0 N–H and O–H groups in total. The number of rotatable bonds is 1. The molecule has 1 heteroatoms. The van der Waals surface area contributed by atoms with Crippen LogP contribution in [-0.2, 0) is 0 Å². The Hall–Kier alpha value is -0.510. The van der Waals surface area contributed by atoms with Gasteiger partial charge in [0.2, 0.25) is 0 Å². The summed E-state index contributed by atoms with van der Waals surface area (Å²) >= 11 is 0. The molecule has 0 aromatic heterocycles. The van der Waals surface area contributed by atoms with E-state index in [0.717, 1.165) is 18.3 Å². The second-order valence-electron chi connectivity index (χ2n) is 4.53. The molecule has 0 radical (unpaired) electrons. The maximum atomic E-state index is 8.91. The predicted molar refractivity (Wildman–Crippen MR) is 50.4 cm³/mol. The Morgan fingerprint density at radius 1 is 1.33 bits per heavy atom. The average molecular weight is 165 g/mol. The van der Waals surface area contributed by atoms with Crippen molar-refractivity contribution in [2.24, 2.45) is 23.7 Å². The second kappa shape index (κ2) is 3.94. The fourth-order valence-corrected chi connectivity index (χ4v) is 2.14. The van der Waals surface area contributed by atoms with Gasteiger partial charge in [-0.1, -0.05) is 20.8 Å². The highest BCUT2D eigenvalue weighted by atomic mass is 14.4. The van der Waals surface area contributed by atoms with Crippen LogP contribution in [-0.4, -0.2) is 0 Å². The molecule has 3 atom stereocenters. The molecule has 1 saturated carbocycles. The van der Waals surface area contributed by atoms with E-state index in [0.29, 0.717) is 11.8 Å². The van der Waals surface area contributed by atoms with Crippen LogP contribution in [0.2, 0.25) is 0 Å². The zero-order valence-corrected chi connectivity index (χ0v) is 8.38. The van der Waals surface area contributed by atoms with Crippen LogP contribution in [0, 0.1) is 35.0 Å². The van der Waals surface area contributed by atoms with Gasteiger partial charge in [0.1, 0.15) is 0 Å². The van der Waals surface area contributed by atoms with Crippen LogP contribution in [0.3, 0.4) is 0 Å². The van der Waals surface area contributed by atoms with Crippen molar-refractivity contribution < 1.29 is 0 Å². The molecule has 1 nitrogen and oxygen atoms in total. The van der Waals surface area contributed by atoms with Gasteiger partial charge in [-0.15, -0.1) is 0 Å². The largest absolute Gasteiger partial charge is 0.198 e. The van der Waals surface area contributed by atoms with E-state index in [9.17, 15) is 0 Å². The van der Waals surface area contributed by atoms with Gasteiger partial charge in [0.25, 0.3) is 0 Å². The molecule has 1 aliphatic carbocycles. The van der Waals surface area contributed by atoms with Gasteiger partial charge in [0.15, 0.2) is 0 Å². The number of nitriles is 1. The number of hydrogen-bond acceptors (Lipinski definition) is 1. The van der Waals surface area contributed by atoms with Crippen LogP contribution in [0.4, 0.5) is 0 Å². The van der Waals surface area contributed by atoms with Gasteiger partial charge in [-0.25, -0.2) is 0 Å². The Bertz CT molecular complexity index is 178. The zero-order chi connectivity index (χ0) is 9.14. The van der Waals surface area contributed by atoms with Crippen LogP contribution < -0.4 is 0 Å². The van der Waals surface area contributed by atoms with E-state index >= 15 is 0 Å². The molecule has 0 bridgehead atoms. The lowest BCUT2D eigenvalue weighted by Gasteiger charge is -2.32. The normalized spacial score (nSPS) is 36.4. The minimum absolute atomic E-state index is 0.325. The molecule has 12 heavy (non-hydrogen) atoms. The lowest BCUT2D eigenvalue weighted by Crippen LogP contribution is -2.24. The Balaban J connectivity index is 2.51. The van der Waals surface area contributed by atoms with E-state index in [2.05, 4.69) is 26.8 Å². The number of nitrogens with zero attached hydrogens (tertiary/aromatic N) is 1. The summed E-state index contributed by atoms with van der Waals surface area (Å²) in [6, 6.07) is 2.44. The van der Waals surface area contributed by atoms with Crippen molar-refractivity contribution in [3.8, 4) is 6.07 Å². The van der Waals surface area contributed by atoms with Crippen molar-refractivity contribution in [3.05, 3.63) is 0 Å². The van der Waals surface area contributed by atoms with Crippen molar-refractivity contribution in [3.63, 3.8) is 0 Å². The van der Waals surface area contributed by atoms with E-state index in [1.165, 1.54) is 12.8 Å². The molecule has 0 saturated heterocycles. The first-order valence-electron chi connectivity index (χ1n) is 5.04. The van der Waals surface area contributed by atoms with E-state index in [-0.39, 0.29) is 0 Å². The summed E-state index contributed by atoms with van der Waals surface area (Å²) in [5.74, 6) is 2.51. The van der Waals surface area contributed by atoms with Crippen LogP contribution in [0.15, 0.2) is 0 Å². The smallest absolute Gasteiger partial charge is 0.0658 e. The number of hydrogen-bond donors (Lipinski definition) is 0. The highest BCUT2D eigenvalue weighted by molar-refractivity contribution is 4.92. The Morgan fingerprint density at radius 3 is 2.50 bits per heavy atom. The predicted octanol–water partition coefficient (Wildman–Crippen LogP) is 3.22. The SMILES string of the molecule is CC(C)C1CCC(C)C(C#N)C1. The standard InChI is InChI=1S/C11H19N/c1-8(2)10-5-4-9(3)11(6-10)7-12/h8-11H,4-6H2,1-3H3. The molecule has 1 rings (SSSR count). The van der Waals surface area contributed by atoms with Crippen molar-refractivity contribution >= 4 is 0 Å². The maximum Gasteiger partial charge on any atom is 0.0658 e.